The first kappa shape index (κ1) is 43.2. The van der Waals surface area contributed by atoms with E-state index in [0.717, 1.165) is 38.9 Å². The van der Waals surface area contributed by atoms with E-state index in [9.17, 15) is 9.59 Å². The molecular formula is C54H52N2O3S2. The lowest BCUT2D eigenvalue weighted by molar-refractivity contribution is -0.162. The Balaban J connectivity index is 1.24. The quantitative estimate of drug-likeness (QED) is 0.0662. The van der Waals surface area contributed by atoms with Gasteiger partial charge in [0.2, 0.25) is 5.91 Å². The van der Waals surface area contributed by atoms with Crippen LogP contribution in [-0.4, -0.2) is 35.5 Å². The smallest absolute Gasteiger partial charge is 0.330 e. The number of carbonyl (C=O) groups excluding carboxylic acids is 2. The van der Waals surface area contributed by atoms with Crippen molar-refractivity contribution in [3.8, 4) is 0 Å². The minimum Gasteiger partial charge on any atom is -0.453 e. The summed E-state index contributed by atoms with van der Waals surface area (Å²) in [5.74, 6) is -0.498. The van der Waals surface area contributed by atoms with E-state index in [1.807, 2.05) is 153 Å². The third-order valence-electron chi connectivity index (χ3n) is 11.4. The maximum atomic E-state index is 14.8. The Labute approximate surface area is 369 Å². The first-order valence-electron chi connectivity index (χ1n) is 20.8. The molecule has 0 aliphatic carbocycles. The summed E-state index contributed by atoms with van der Waals surface area (Å²) in [6.07, 6.45) is 0.537. The zero-order valence-corrected chi connectivity index (χ0v) is 36.2. The summed E-state index contributed by atoms with van der Waals surface area (Å²) >= 11 is 3.21. The second kappa shape index (κ2) is 20.1. The molecule has 0 saturated heterocycles. The van der Waals surface area contributed by atoms with E-state index < -0.39 is 39.1 Å². The molecule has 308 valence electrons. The molecule has 0 saturated carbocycles. The Morgan fingerprint density at radius 1 is 0.492 bits per heavy atom. The van der Waals surface area contributed by atoms with Gasteiger partial charge in [-0.25, -0.2) is 4.79 Å². The number of nitrogens with two attached hydrogens (primary N) is 1. The van der Waals surface area contributed by atoms with Crippen LogP contribution >= 0.6 is 23.5 Å². The standard InChI is InChI=1S/C54H52N2O3S2/c1-3-52(2,41-25-11-4-12-26-41)59-51(58)49(40-61-54(45-33-19-8-20-34-45,46-35-21-9-22-36-46)47-37-23-10-24-38-47)56-50(57)48(55)39-60-53(42-27-13-5-14-28-42,43-29-15-6-16-30-43)44-31-17-7-18-32-44/h4-38,48-49H,3,39-40,55H2,1-2H3,(H,56,57)/t48-,49-,52?/m1/s1. The highest BCUT2D eigenvalue weighted by Crippen LogP contribution is 2.50. The van der Waals surface area contributed by atoms with E-state index in [4.69, 9.17) is 10.5 Å². The number of amides is 1. The molecule has 0 aliphatic rings. The molecule has 0 aliphatic heterocycles. The second-order valence-electron chi connectivity index (χ2n) is 15.2. The Morgan fingerprint density at radius 3 is 1.07 bits per heavy atom. The van der Waals surface area contributed by atoms with Gasteiger partial charge in [-0.1, -0.05) is 219 Å². The molecule has 0 radical (unpaired) electrons. The Morgan fingerprint density at radius 2 is 0.770 bits per heavy atom. The highest BCUT2D eigenvalue weighted by Gasteiger charge is 2.42. The van der Waals surface area contributed by atoms with Crippen LogP contribution in [-0.2, 0) is 29.4 Å². The molecule has 0 spiro atoms. The average Bonchev–Trinajstić information content (AvgIpc) is 3.33. The molecule has 7 rings (SSSR count). The molecule has 3 atom stereocenters. The summed E-state index contributed by atoms with van der Waals surface area (Å²) in [6.45, 7) is 3.92. The lowest BCUT2D eigenvalue weighted by Gasteiger charge is -2.37. The summed E-state index contributed by atoms with van der Waals surface area (Å²) in [6, 6.07) is 69.7. The molecule has 7 aromatic carbocycles. The van der Waals surface area contributed by atoms with Crippen molar-refractivity contribution in [3.63, 3.8) is 0 Å². The van der Waals surface area contributed by atoms with Gasteiger partial charge in [-0.3, -0.25) is 4.79 Å². The number of benzene rings is 7. The molecule has 7 heteroatoms. The zero-order chi connectivity index (χ0) is 42.5. The van der Waals surface area contributed by atoms with Crippen molar-refractivity contribution in [2.24, 2.45) is 5.73 Å². The van der Waals surface area contributed by atoms with Gasteiger partial charge in [-0.15, -0.1) is 23.5 Å². The molecule has 1 unspecified atom stereocenters. The van der Waals surface area contributed by atoms with Crippen LogP contribution < -0.4 is 11.1 Å². The van der Waals surface area contributed by atoms with E-state index >= 15 is 0 Å². The predicted octanol–water partition coefficient (Wildman–Crippen LogP) is 11.1. The van der Waals surface area contributed by atoms with Gasteiger partial charge in [0, 0.05) is 11.5 Å². The van der Waals surface area contributed by atoms with Crippen LogP contribution in [0.15, 0.2) is 212 Å². The zero-order valence-electron chi connectivity index (χ0n) is 34.6. The number of esters is 1. The summed E-state index contributed by atoms with van der Waals surface area (Å²) in [5.41, 5.74) is 13.2. The Kier molecular flexibility index (Phi) is 14.3. The first-order chi connectivity index (χ1) is 29.8. The van der Waals surface area contributed by atoms with E-state index in [-0.39, 0.29) is 11.5 Å². The third kappa shape index (κ3) is 9.55. The van der Waals surface area contributed by atoms with Crippen LogP contribution in [0.5, 0.6) is 0 Å². The van der Waals surface area contributed by atoms with Gasteiger partial charge in [0.05, 0.1) is 15.5 Å². The van der Waals surface area contributed by atoms with E-state index in [1.165, 1.54) is 0 Å². The summed E-state index contributed by atoms with van der Waals surface area (Å²) in [7, 11) is 0. The van der Waals surface area contributed by atoms with E-state index in [1.54, 1.807) is 23.5 Å². The molecule has 0 aromatic heterocycles. The van der Waals surface area contributed by atoms with Crippen LogP contribution in [0.3, 0.4) is 0 Å². The molecule has 7 aromatic rings. The Hall–Kier alpha value is -5.86. The minimum absolute atomic E-state index is 0.194. The number of hydrogen-bond donors (Lipinski definition) is 2. The van der Waals surface area contributed by atoms with Crippen LogP contribution in [0.2, 0.25) is 0 Å². The van der Waals surface area contributed by atoms with Crippen molar-refractivity contribution in [2.45, 2.75) is 47.4 Å². The third-order valence-corrected chi connectivity index (χ3v) is 14.7. The van der Waals surface area contributed by atoms with Crippen molar-refractivity contribution in [2.75, 3.05) is 11.5 Å². The molecule has 5 nitrogen and oxygen atoms in total. The van der Waals surface area contributed by atoms with Gasteiger partial charge in [0.1, 0.15) is 11.6 Å². The van der Waals surface area contributed by atoms with Gasteiger partial charge < -0.3 is 15.8 Å². The van der Waals surface area contributed by atoms with Gasteiger partial charge in [-0.2, -0.15) is 0 Å². The largest absolute Gasteiger partial charge is 0.453 e. The average molecular weight is 841 g/mol. The van der Waals surface area contributed by atoms with E-state index in [2.05, 4.69) is 78.1 Å². The molecule has 0 bridgehead atoms. The number of thioether (sulfide) groups is 2. The van der Waals surface area contributed by atoms with Crippen LogP contribution in [0.25, 0.3) is 0 Å². The first-order valence-corrected chi connectivity index (χ1v) is 22.7. The number of hydrogen-bond acceptors (Lipinski definition) is 6. The highest BCUT2D eigenvalue weighted by atomic mass is 32.2. The fourth-order valence-electron chi connectivity index (χ4n) is 7.90. The van der Waals surface area contributed by atoms with Gasteiger partial charge in [0.15, 0.2) is 0 Å². The topological polar surface area (TPSA) is 81.4 Å². The molecular weight excluding hydrogens is 789 g/mol. The van der Waals surface area contributed by atoms with E-state index in [0.29, 0.717) is 6.42 Å². The van der Waals surface area contributed by atoms with Gasteiger partial charge in [-0.05, 0) is 52.3 Å². The fraction of sp³-hybridized carbons (Fsp3) is 0.185. The molecule has 0 heterocycles. The van der Waals surface area contributed by atoms with Crippen molar-refractivity contribution in [1.29, 1.82) is 0 Å². The summed E-state index contributed by atoms with van der Waals surface area (Å²) < 4.78 is 5.06. The molecule has 0 fully saturated rings. The molecule has 3 N–H and O–H groups in total. The maximum absolute atomic E-state index is 14.8. The lowest BCUT2D eigenvalue weighted by Crippen LogP contribution is -2.52. The molecule has 61 heavy (non-hydrogen) atoms. The van der Waals surface area contributed by atoms with Crippen LogP contribution in [0.4, 0.5) is 0 Å². The highest BCUT2D eigenvalue weighted by molar-refractivity contribution is 8.01. The summed E-state index contributed by atoms with van der Waals surface area (Å²) in [4.78, 5) is 29.3. The van der Waals surface area contributed by atoms with Crippen molar-refractivity contribution in [1.82, 2.24) is 5.32 Å². The monoisotopic (exact) mass is 840 g/mol. The van der Waals surface area contributed by atoms with Gasteiger partial charge in [0.25, 0.3) is 0 Å². The number of ether oxygens (including phenoxy) is 1. The maximum Gasteiger partial charge on any atom is 0.330 e. The Bertz CT molecular complexity index is 2230. The normalized spacial score (nSPS) is 13.6. The SMILES string of the molecule is CCC(C)(OC(=O)[C@@H](CSC(c1ccccc1)(c1ccccc1)c1ccccc1)NC(=O)[C@H](N)CSC(c1ccccc1)(c1ccccc1)c1ccccc1)c1ccccc1. The fourth-order valence-corrected chi connectivity index (χ4v) is 10.9. The van der Waals surface area contributed by atoms with Crippen molar-refractivity contribution < 1.29 is 14.3 Å². The summed E-state index contributed by atoms with van der Waals surface area (Å²) in [5, 5.41) is 3.12. The number of rotatable bonds is 18. The number of nitrogens with one attached hydrogen (secondary N) is 1. The van der Waals surface area contributed by atoms with Crippen LogP contribution in [0, 0.1) is 0 Å². The van der Waals surface area contributed by atoms with Crippen molar-refractivity contribution in [3.05, 3.63) is 251 Å². The second-order valence-corrected chi connectivity index (χ2v) is 17.7. The minimum atomic E-state index is -1.04. The van der Waals surface area contributed by atoms with Crippen LogP contribution in [0.1, 0.15) is 59.2 Å². The van der Waals surface area contributed by atoms with Gasteiger partial charge >= 0.3 is 5.97 Å². The molecule has 1 amide bonds. The number of carbonyl (C=O) groups is 2. The predicted molar refractivity (Wildman–Crippen MR) is 253 cm³/mol. The van der Waals surface area contributed by atoms with Crippen molar-refractivity contribution >= 4 is 35.4 Å². The lowest BCUT2D eigenvalue weighted by atomic mass is 9.84.